The molecule has 0 bridgehead atoms. The molecule has 0 aliphatic heterocycles. The van der Waals surface area contributed by atoms with Gasteiger partial charge in [0.15, 0.2) is 11.3 Å². The number of halogens is 1. The molecule has 2 rings (SSSR count). The number of pyridine rings is 1. The van der Waals surface area contributed by atoms with Crippen molar-refractivity contribution < 1.29 is 9.90 Å². The summed E-state index contributed by atoms with van der Waals surface area (Å²) in [5.74, 6) is -1.06. The Labute approximate surface area is 107 Å². The summed E-state index contributed by atoms with van der Waals surface area (Å²) in [4.78, 5) is 14.4. The van der Waals surface area contributed by atoms with Crippen LogP contribution in [0.15, 0.2) is 24.5 Å². The van der Waals surface area contributed by atoms with Crippen LogP contribution in [-0.4, -0.2) is 50.0 Å². The van der Waals surface area contributed by atoms with Gasteiger partial charge in [-0.2, -0.15) is 0 Å². The molecule has 0 amide bonds. The number of carboxylic acid groups (broad SMARTS) is 1. The molecule has 1 N–H and O–H groups in total. The van der Waals surface area contributed by atoms with E-state index in [1.165, 1.54) is 6.20 Å². The number of nitrogens with zero attached hydrogens (tertiary/aromatic N) is 2. The fraction of sp³-hybridized carbons (Fsp3) is 0. The zero-order chi connectivity index (χ0) is 9.42. The normalized spacial score (nSPS) is 9.79. The third kappa shape index (κ3) is 1.93. The number of aromatic carboxylic acids is 1. The van der Waals surface area contributed by atoms with Gasteiger partial charge in [0.25, 0.3) is 0 Å². The monoisotopic (exact) mass is 219 g/mol. The van der Waals surface area contributed by atoms with Crippen LogP contribution >= 0.6 is 11.6 Å². The fourth-order valence-electron chi connectivity index (χ4n) is 1.08. The molecule has 2 heterocycles. The van der Waals surface area contributed by atoms with Crippen molar-refractivity contribution in [2.75, 3.05) is 0 Å². The van der Waals surface area contributed by atoms with Gasteiger partial charge in [-0.05, 0) is 12.1 Å². The van der Waals surface area contributed by atoms with Crippen LogP contribution in [0.25, 0.3) is 5.65 Å². The summed E-state index contributed by atoms with van der Waals surface area (Å²) >= 11 is 5.80. The number of carbonyl (C=O) groups is 1. The Morgan fingerprint density at radius 2 is 2.29 bits per heavy atom. The topological polar surface area (TPSA) is 54.6 Å². The zero-order valence-electron chi connectivity index (χ0n) is 7.44. The number of aromatic nitrogens is 2. The van der Waals surface area contributed by atoms with Gasteiger partial charge in [0.05, 0.1) is 5.02 Å². The average Bonchev–Trinajstić information content (AvgIpc) is 2.49. The maximum atomic E-state index is 10.6. The first kappa shape index (κ1) is 11.5. The molecule has 0 saturated carbocycles. The molecule has 0 fully saturated rings. The van der Waals surface area contributed by atoms with Gasteiger partial charge in [-0.25, -0.2) is 9.78 Å². The molecule has 14 heavy (non-hydrogen) atoms. The minimum atomic E-state index is -1.06. The van der Waals surface area contributed by atoms with Crippen molar-refractivity contribution >= 4 is 52.8 Å². The van der Waals surface area contributed by atoms with Gasteiger partial charge in [-0.15, -0.1) is 0 Å². The molecule has 4 nitrogen and oxygen atoms in total. The van der Waals surface area contributed by atoms with Crippen LogP contribution in [0.1, 0.15) is 10.5 Å². The van der Waals surface area contributed by atoms with Gasteiger partial charge in [0.2, 0.25) is 0 Å². The van der Waals surface area contributed by atoms with E-state index in [9.17, 15) is 4.79 Å². The molecule has 6 heteroatoms. The number of fused-ring (bicyclic) bond motifs is 1. The van der Waals surface area contributed by atoms with Crippen molar-refractivity contribution in [3.05, 3.63) is 35.2 Å². The first-order valence-electron chi connectivity index (χ1n) is 3.55. The van der Waals surface area contributed by atoms with E-state index < -0.39 is 5.97 Å². The van der Waals surface area contributed by atoms with E-state index in [2.05, 4.69) is 4.98 Å². The van der Waals surface area contributed by atoms with Crippen molar-refractivity contribution in [3.8, 4) is 0 Å². The van der Waals surface area contributed by atoms with Crippen molar-refractivity contribution in [1.82, 2.24) is 9.38 Å². The van der Waals surface area contributed by atoms with Crippen LogP contribution < -0.4 is 0 Å². The summed E-state index contributed by atoms with van der Waals surface area (Å²) in [7, 11) is 0. The van der Waals surface area contributed by atoms with Crippen LogP contribution in [0, 0.1) is 0 Å². The summed E-state index contributed by atoms with van der Waals surface area (Å²) in [6.07, 6.45) is 3.12. The predicted molar refractivity (Wildman–Crippen MR) is 52.9 cm³/mol. The SMILES string of the molecule is O=C(O)c1cn2cccc(Cl)c2n1.[Na]. The van der Waals surface area contributed by atoms with Crippen LogP contribution in [-0.2, 0) is 0 Å². The Bertz CT molecular complexity index is 483. The Morgan fingerprint density at radius 3 is 2.86 bits per heavy atom. The minimum Gasteiger partial charge on any atom is -0.476 e. The molecule has 0 saturated heterocycles. The quantitative estimate of drug-likeness (QED) is 0.736. The largest absolute Gasteiger partial charge is 0.476 e. The maximum Gasteiger partial charge on any atom is 0.356 e. The molecule has 0 atom stereocenters. The second-order valence-corrected chi connectivity index (χ2v) is 2.93. The standard InChI is InChI=1S/C8H5ClN2O2.Na/c9-5-2-1-3-11-4-6(8(12)13)10-7(5)11;/h1-4H,(H,12,13);. The number of carboxylic acids is 1. The van der Waals surface area contributed by atoms with E-state index in [0.29, 0.717) is 10.7 Å². The Kier molecular flexibility index (Phi) is 3.55. The first-order chi connectivity index (χ1) is 6.18. The van der Waals surface area contributed by atoms with Gasteiger partial charge in [-0.3, -0.25) is 0 Å². The predicted octanol–water partition coefficient (Wildman–Crippen LogP) is 1.31. The number of rotatable bonds is 1. The molecule has 0 aromatic carbocycles. The third-order valence-electron chi connectivity index (χ3n) is 1.65. The first-order valence-corrected chi connectivity index (χ1v) is 3.93. The molecule has 67 valence electrons. The van der Waals surface area contributed by atoms with Crippen LogP contribution in [0.2, 0.25) is 5.02 Å². The molecule has 2 aromatic heterocycles. The third-order valence-corrected chi connectivity index (χ3v) is 1.95. The van der Waals surface area contributed by atoms with Gasteiger partial charge in [0.1, 0.15) is 0 Å². The number of hydrogen-bond donors (Lipinski definition) is 1. The molecule has 0 spiro atoms. The van der Waals surface area contributed by atoms with E-state index in [-0.39, 0.29) is 35.3 Å². The van der Waals surface area contributed by atoms with Crippen molar-refractivity contribution in [2.24, 2.45) is 0 Å². The summed E-state index contributed by atoms with van der Waals surface area (Å²) < 4.78 is 1.58. The van der Waals surface area contributed by atoms with Crippen LogP contribution in [0.5, 0.6) is 0 Å². The van der Waals surface area contributed by atoms with E-state index >= 15 is 0 Å². The second kappa shape index (κ2) is 4.31. The summed E-state index contributed by atoms with van der Waals surface area (Å²) in [6.45, 7) is 0. The van der Waals surface area contributed by atoms with Crippen molar-refractivity contribution in [2.45, 2.75) is 0 Å². The Balaban J connectivity index is 0.000000980. The fourth-order valence-corrected chi connectivity index (χ4v) is 1.29. The van der Waals surface area contributed by atoms with Gasteiger partial charge in [0, 0.05) is 42.0 Å². The molecule has 0 aliphatic carbocycles. The number of hydrogen-bond acceptors (Lipinski definition) is 2. The van der Waals surface area contributed by atoms with Gasteiger partial charge in [-0.1, -0.05) is 11.6 Å². The zero-order valence-corrected chi connectivity index (χ0v) is 10.2. The molecule has 1 radical (unpaired) electrons. The van der Waals surface area contributed by atoms with Gasteiger partial charge < -0.3 is 9.51 Å². The molecule has 2 aromatic rings. The Hall–Kier alpha value is -0.550. The maximum absolute atomic E-state index is 10.6. The minimum absolute atomic E-state index is 0. The summed E-state index contributed by atoms with van der Waals surface area (Å²) in [5, 5.41) is 9.10. The molecule has 0 unspecified atom stereocenters. The van der Waals surface area contributed by atoms with E-state index in [1.807, 2.05) is 0 Å². The smallest absolute Gasteiger partial charge is 0.356 e. The van der Waals surface area contributed by atoms with Crippen LogP contribution in [0.3, 0.4) is 0 Å². The molecular weight excluding hydrogens is 215 g/mol. The summed E-state index contributed by atoms with van der Waals surface area (Å²) in [5.41, 5.74) is 0.453. The van der Waals surface area contributed by atoms with Crippen molar-refractivity contribution in [1.29, 1.82) is 0 Å². The van der Waals surface area contributed by atoms with E-state index in [4.69, 9.17) is 16.7 Å². The number of imidazole rings is 1. The molecular formula is C8H5ClN2NaO2. The van der Waals surface area contributed by atoms with E-state index in [0.717, 1.165) is 0 Å². The summed E-state index contributed by atoms with van der Waals surface area (Å²) in [6, 6.07) is 3.39. The van der Waals surface area contributed by atoms with E-state index in [1.54, 1.807) is 22.7 Å². The van der Waals surface area contributed by atoms with Crippen molar-refractivity contribution in [3.63, 3.8) is 0 Å². The Morgan fingerprint density at radius 1 is 1.57 bits per heavy atom. The van der Waals surface area contributed by atoms with Crippen LogP contribution in [0.4, 0.5) is 0 Å². The van der Waals surface area contributed by atoms with Gasteiger partial charge >= 0.3 is 5.97 Å². The second-order valence-electron chi connectivity index (χ2n) is 2.52. The molecule has 0 aliphatic rings. The average molecular weight is 220 g/mol.